The van der Waals surface area contributed by atoms with Gasteiger partial charge in [-0.15, -0.1) is 12.4 Å². The summed E-state index contributed by atoms with van der Waals surface area (Å²) in [5, 5.41) is 0.552. The van der Waals surface area contributed by atoms with Gasteiger partial charge < -0.3 is 9.64 Å². The molecule has 3 rings (SSSR count). The van der Waals surface area contributed by atoms with Crippen LogP contribution in [0.5, 0.6) is 0 Å². The first kappa shape index (κ1) is 22.8. The van der Waals surface area contributed by atoms with Crippen LogP contribution in [0.1, 0.15) is 49.5 Å². The van der Waals surface area contributed by atoms with Crippen molar-refractivity contribution in [3.05, 3.63) is 58.0 Å². The molecule has 0 aliphatic heterocycles. The number of halogens is 1. The van der Waals surface area contributed by atoms with Gasteiger partial charge in [0.05, 0.1) is 16.5 Å². The van der Waals surface area contributed by atoms with Crippen LogP contribution in [0.15, 0.2) is 41.3 Å². The van der Waals surface area contributed by atoms with Gasteiger partial charge in [-0.2, -0.15) is 0 Å². The van der Waals surface area contributed by atoms with Crippen molar-refractivity contribution in [2.24, 2.45) is 0 Å². The third-order valence-corrected chi connectivity index (χ3v) is 5.07. The van der Waals surface area contributed by atoms with Gasteiger partial charge >= 0.3 is 5.97 Å². The number of hydrogen-bond acceptors (Lipinski definition) is 5. The number of nitrogens with zero attached hydrogens (tertiary/aromatic N) is 3. The Morgan fingerprint density at radius 3 is 2.55 bits per heavy atom. The lowest BCUT2D eigenvalue weighted by molar-refractivity contribution is 0.0466. The summed E-state index contributed by atoms with van der Waals surface area (Å²) >= 11 is 0. The number of rotatable bonds is 7. The van der Waals surface area contributed by atoms with Crippen LogP contribution in [-0.2, 0) is 4.74 Å². The number of aromatic nitrogens is 2. The first-order chi connectivity index (χ1) is 13.4. The van der Waals surface area contributed by atoms with Gasteiger partial charge in [-0.25, -0.2) is 9.78 Å². The zero-order valence-corrected chi connectivity index (χ0v) is 18.2. The number of esters is 1. The molecular weight excluding hydrogens is 390 g/mol. The minimum atomic E-state index is -0.433. The Morgan fingerprint density at radius 2 is 1.90 bits per heavy atom. The van der Waals surface area contributed by atoms with Crippen LogP contribution in [0.4, 0.5) is 0 Å². The molecule has 2 aromatic heterocycles. The minimum Gasteiger partial charge on any atom is -0.461 e. The van der Waals surface area contributed by atoms with Crippen LogP contribution >= 0.6 is 12.4 Å². The Labute approximate surface area is 176 Å². The van der Waals surface area contributed by atoms with Gasteiger partial charge in [-0.1, -0.05) is 33.8 Å². The molecule has 0 bridgehead atoms. The number of fused-ring (bicyclic) bond motifs is 2. The van der Waals surface area contributed by atoms with E-state index in [-0.39, 0.29) is 18.0 Å². The van der Waals surface area contributed by atoms with Gasteiger partial charge in [0.2, 0.25) is 0 Å². The topological polar surface area (TPSA) is 63.9 Å². The summed E-state index contributed by atoms with van der Waals surface area (Å²) in [5.41, 5.74) is 2.41. The zero-order valence-electron chi connectivity index (χ0n) is 17.3. The van der Waals surface area contributed by atoms with Crippen molar-refractivity contribution in [3.8, 4) is 0 Å². The van der Waals surface area contributed by atoms with Gasteiger partial charge in [-0.05, 0) is 48.8 Å². The average Bonchev–Trinajstić information content (AvgIpc) is 2.70. The predicted octanol–water partition coefficient (Wildman–Crippen LogP) is 3.89. The molecule has 0 radical (unpaired) electrons. The smallest absolute Gasteiger partial charge is 0.339 e. The van der Waals surface area contributed by atoms with Crippen molar-refractivity contribution in [2.45, 2.75) is 33.6 Å². The molecule has 6 nitrogen and oxygen atoms in total. The maximum atomic E-state index is 13.0. The van der Waals surface area contributed by atoms with Crippen molar-refractivity contribution >= 4 is 34.9 Å². The fourth-order valence-corrected chi connectivity index (χ4v) is 3.19. The highest BCUT2D eigenvalue weighted by Crippen LogP contribution is 2.19. The normalized spacial score (nSPS) is 11.2. The molecule has 0 saturated heterocycles. The third kappa shape index (κ3) is 4.95. The average molecular weight is 418 g/mol. The van der Waals surface area contributed by atoms with Gasteiger partial charge in [-0.3, -0.25) is 9.20 Å². The molecule has 0 spiro atoms. The van der Waals surface area contributed by atoms with Crippen LogP contribution < -0.4 is 5.56 Å². The van der Waals surface area contributed by atoms with Crippen molar-refractivity contribution < 1.29 is 9.53 Å². The third-order valence-electron chi connectivity index (χ3n) is 5.07. The van der Waals surface area contributed by atoms with Crippen molar-refractivity contribution in [1.29, 1.82) is 0 Å². The van der Waals surface area contributed by atoms with E-state index in [9.17, 15) is 9.59 Å². The van der Waals surface area contributed by atoms with E-state index in [0.717, 1.165) is 18.7 Å². The highest BCUT2D eigenvalue weighted by molar-refractivity contribution is 5.90. The monoisotopic (exact) mass is 417 g/mol. The van der Waals surface area contributed by atoms with Crippen LogP contribution in [0.25, 0.3) is 16.6 Å². The summed E-state index contributed by atoms with van der Waals surface area (Å²) in [6.07, 6.45) is 1.52. The number of pyridine rings is 1. The summed E-state index contributed by atoms with van der Waals surface area (Å²) < 4.78 is 6.80. The number of ether oxygens (including phenoxy) is 1. The summed E-state index contributed by atoms with van der Waals surface area (Å²) in [5.74, 6) is -0.117. The molecule has 0 amide bonds. The van der Waals surface area contributed by atoms with Crippen LogP contribution in [-0.4, -0.2) is 46.5 Å². The van der Waals surface area contributed by atoms with E-state index in [2.05, 4.69) is 37.6 Å². The molecule has 29 heavy (non-hydrogen) atoms. The second kappa shape index (κ2) is 9.85. The van der Waals surface area contributed by atoms with Crippen molar-refractivity contribution in [2.75, 3.05) is 26.2 Å². The molecule has 0 atom stereocenters. The largest absolute Gasteiger partial charge is 0.461 e. The quantitative estimate of drug-likeness (QED) is 0.431. The van der Waals surface area contributed by atoms with E-state index in [0.29, 0.717) is 41.2 Å². The van der Waals surface area contributed by atoms with Gasteiger partial charge in [0.15, 0.2) is 0 Å². The van der Waals surface area contributed by atoms with E-state index in [1.807, 2.05) is 18.2 Å². The van der Waals surface area contributed by atoms with Crippen LogP contribution in [0.3, 0.4) is 0 Å². The standard InChI is InChI=1S/C22H27N3O3.ClH/c1-5-24(6-2)11-12-28-22(27)17-8-10-20-23-19-9-7-16(15(3)4)13-18(19)21(26)25(20)14-17;/h7-10,13-15H,5-6,11-12H2,1-4H3;1H. The highest BCUT2D eigenvalue weighted by atomic mass is 35.5. The fourth-order valence-electron chi connectivity index (χ4n) is 3.19. The van der Waals surface area contributed by atoms with Crippen LogP contribution in [0.2, 0.25) is 0 Å². The lowest BCUT2D eigenvalue weighted by Gasteiger charge is -2.17. The maximum Gasteiger partial charge on any atom is 0.339 e. The molecular formula is C22H28ClN3O3. The molecule has 3 aromatic rings. The lowest BCUT2D eigenvalue weighted by Crippen LogP contribution is -2.28. The minimum absolute atomic E-state index is 0. The summed E-state index contributed by atoms with van der Waals surface area (Å²) in [6.45, 7) is 11.1. The Morgan fingerprint density at radius 1 is 1.17 bits per heavy atom. The molecule has 0 N–H and O–H groups in total. The molecule has 0 aliphatic rings. The number of likely N-dealkylation sites (N-methyl/N-ethyl adjacent to an activating group) is 1. The zero-order chi connectivity index (χ0) is 20.3. The second-order valence-electron chi connectivity index (χ2n) is 7.16. The lowest BCUT2D eigenvalue weighted by atomic mass is 10.0. The van der Waals surface area contributed by atoms with E-state index in [1.165, 1.54) is 10.6 Å². The molecule has 7 heteroatoms. The van der Waals surface area contributed by atoms with E-state index < -0.39 is 5.97 Å². The molecule has 0 aliphatic carbocycles. The molecule has 1 aromatic carbocycles. The molecule has 2 heterocycles. The second-order valence-corrected chi connectivity index (χ2v) is 7.16. The van der Waals surface area contributed by atoms with Crippen molar-refractivity contribution in [3.63, 3.8) is 0 Å². The summed E-state index contributed by atoms with van der Waals surface area (Å²) in [4.78, 5) is 32.1. The highest BCUT2D eigenvalue weighted by Gasteiger charge is 2.12. The van der Waals surface area contributed by atoms with E-state index in [1.54, 1.807) is 12.1 Å². The molecule has 0 unspecified atom stereocenters. The molecule has 0 fully saturated rings. The number of carbonyl (C=O) groups is 1. The Hall–Kier alpha value is -2.44. The van der Waals surface area contributed by atoms with E-state index >= 15 is 0 Å². The predicted molar refractivity (Wildman–Crippen MR) is 118 cm³/mol. The van der Waals surface area contributed by atoms with Crippen LogP contribution in [0, 0.1) is 0 Å². The molecule has 0 saturated carbocycles. The van der Waals surface area contributed by atoms with Crippen molar-refractivity contribution in [1.82, 2.24) is 14.3 Å². The number of carbonyl (C=O) groups excluding carboxylic acids is 1. The summed E-state index contributed by atoms with van der Waals surface area (Å²) in [7, 11) is 0. The van der Waals surface area contributed by atoms with Gasteiger partial charge in [0.1, 0.15) is 12.3 Å². The van der Waals surface area contributed by atoms with E-state index in [4.69, 9.17) is 4.74 Å². The van der Waals surface area contributed by atoms with Gasteiger partial charge in [0, 0.05) is 12.7 Å². The summed E-state index contributed by atoms with van der Waals surface area (Å²) in [6, 6.07) is 9.09. The molecule has 156 valence electrons. The first-order valence-electron chi connectivity index (χ1n) is 9.80. The Kier molecular flexibility index (Phi) is 7.76. The Balaban J connectivity index is 0.00000300. The number of benzene rings is 1. The maximum absolute atomic E-state index is 13.0. The number of hydrogen-bond donors (Lipinski definition) is 0. The SMILES string of the molecule is CCN(CC)CCOC(=O)c1ccc2nc3ccc(C(C)C)cc3c(=O)n2c1.Cl. The Bertz CT molecular complexity index is 1060. The van der Waals surface area contributed by atoms with Gasteiger partial charge in [0.25, 0.3) is 5.56 Å². The first-order valence-corrected chi connectivity index (χ1v) is 9.80. The fraction of sp³-hybridized carbons (Fsp3) is 0.409.